The number of hydrogen-bond donors (Lipinski definition) is 4. The van der Waals surface area contributed by atoms with Gasteiger partial charge in [0.15, 0.2) is 0 Å². The summed E-state index contributed by atoms with van der Waals surface area (Å²) in [7, 11) is 0. The van der Waals surface area contributed by atoms with E-state index in [1.165, 1.54) is 18.2 Å². The molecule has 0 aliphatic heterocycles. The van der Waals surface area contributed by atoms with Crippen LogP contribution in [0.3, 0.4) is 0 Å². The third kappa shape index (κ3) is 8.14. The Labute approximate surface area is 120 Å². The van der Waals surface area contributed by atoms with Gasteiger partial charge in [-0.3, -0.25) is 0 Å². The summed E-state index contributed by atoms with van der Waals surface area (Å²) in [4.78, 5) is 10.2. The van der Waals surface area contributed by atoms with Crippen LogP contribution in [0.1, 0.15) is 10.4 Å². The summed E-state index contributed by atoms with van der Waals surface area (Å²) in [6.07, 6.45) is -0.954. The number of para-hydroxylation sites is 1. The number of carbonyl (C=O) groups excluding carboxylic acids is 1. The smallest absolute Gasteiger partial charge is 0.545 e. The van der Waals surface area contributed by atoms with Crippen molar-refractivity contribution in [3.63, 3.8) is 0 Å². The van der Waals surface area contributed by atoms with Gasteiger partial charge in [-0.2, -0.15) is 0 Å². The van der Waals surface area contributed by atoms with E-state index in [9.17, 15) is 9.90 Å². The Bertz CT molecular complexity index is 326. The van der Waals surface area contributed by atoms with Crippen molar-refractivity contribution in [3.8, 4) is 5.75 Å². The van der Waals surface area contributed by atoms with Gasteiger partial charge in [-0.05, 0) is 12.1 Å². The van der Waals surface area contributed by atoms with Crippen LogP contribution in [0.2, 0.25) is 0 Å². The largest absolute Gasteiger partial charge is 1.00 e. The van der Waals surface area contributed by atoms with Gasteiger partial charge in [0, 0.05) is 5.56 Å². The maximum Gasteiger partial charge on any atom is 1.00 e. The molecule has 0 spiro atoms. The Morgan fingerprint density at radius 3 is 1.94 bits per heavy atom. The van der Waals surface area contributed by atoms with Gasteiger partial charge in [0.05, 0.1) is 19.2 Å². The number of carbonyl (C=O) groups is 1. The van der Waals surface area contributed by atoms with E-state index in [0.717, 1.165) is 0 Å². The molecule has 1 aromatic carbocycles. The van der Waals surface area contributed by atoms with Crippen LogP contribution in [0.5, 0.6) is 5.75 Å². The van der Waals surface area contributed by atoms with Crippen LogP contribution in [0.15, 0.2) is 24.3 Å². The monoisotopic (exact) mass is 252 g/mol. The first-order valence-corrected chi connectivity index (χ1v) is 4.42. The number of aliphatic hydroxyl groups is 3. The second-order valence-corrected chi connectivity index (χ2v) is 2.82. The van der Waals surface area contributed by atoms with Crippen molar-refractivity contribution in [3.05, 3.63) is 29.8 Å². The van der Waals surface area contributed by atoms with Crippen molar-refractivity contribution in [1.29, 1.82) is 0 Å². The number of hydrogen-bond acceptors (Lipinski definition) is 6. The number of carboxylic acid groups (broad SMARTS) is 1. The molecule has 1 aromatic rings. The minimum absolute atomic E-state index is 0. The van der Waals surface area contributed by atoms with Crippen LogP contribution in [0.25, 0.3) is 0 Å². The molecule has 6 nitrogen and oxygen atoms in total. The molecule has 1 rings (SSSR count). The number of aromatic carboxylic acids is 1. The van der Waals surface area contributed by atoms with E-state index in [1.54, 1.807) is 6.07 Å². The van der Waals surface area contributed by atoms with E-state index in [1.807, 2.05) is 0 Å². The van der Waals surface area contributed by atoms with Crippen LogP contribution in [0, 0.1) is 0 Å². The standard InChI is InChI=1S/C7H6O3.C3H8O3.Na/c8-6-4-2-1-3-5(6)7(9)10;4-1-3(6)2-5;/h1-4,8H,(H,9,10);3-6H,1-2H2;/q;;+1/p-1. The quantitative estimate of drug-likeness (QED) is 0.400. The minimum Gasteiger partial charge on any atom is -0.545 e. The molecular weight excluding hydrogens is 239 g/mol. The third-order valence-corrected chi connectivity index (χ3v) is 1.55. The third-order valence-electron chi connectivity index (χ3n) is 1.55. The van der Waals surface area contributed by atoms with Crippen molar-refractivity contribution in [2.45, 2.75) is 6.10 Å². The van der Waals surface area contributed by atoms with E-state index < -0.39 is 12.1 Å². The molecule has 0 aliphatic rings. The van der Waals surface area contributed by atoms with Gasteiger partial charge >= 0.3 is 29.6 Å². The molecule has 0 saturated heterocycles. The van der Waals surface area contributed by atoms with E-state index >= 15 is 0 Å². The van der Waals surface area contributed by atoms with Gasteiger partial charge in [0.1, 0.15) is 11.9 Å². The molecule has 17 heavy (non-hydrogen) atoms. The molecule has 90 valence electrons. The molecule has 0 aliphatic carbocycles. The fourth-order valence-corrected chi connectivity index (χ4v) is 0.704. The number of benzene rings is 1. The molecule has 0 amide bonds. The molecule has 0 bridgehead atoms. The van der Waals surface area contributed by atoms with Gasteiger partial charge in [0.2, 0.25) is 0 Å². The first-order chi connectivity index (χ1) is 7.52. The second-order valence-electron chi connectivity index (χ2n) is 2.82. The van der Waals surface area contributed by atoms with Gasteiger partial charge in [-0.25, -0.2) is 0 Å². The van der Waals surface area contributed by atoms with Crippen LogP contribution in [-0.2, 0) is 0 Å². The van der Waals surface area contributed by atoms with Crippen molar-refractivity contribution in [1.82, 2.24) is 0 Å². The first-order valence-electron chi connectivity index (χ1n) is 4.42. The van der Waals surface area contributed by atoms with Crippen molar-refractivity contribution in [2.24, 2.45) is 0 Å². The topological polar surface area (TPSA) is 121 Å². The van der Waals surface area contributed by atoms with Gasteiger partial charge in [-0.1, -0.05) is 12.1 Å². The van der Waals surface area contributed by atoms with Crippen molar-refractivity contribution >= 4 is 5.97 Å². The van der Waals surface area contributed by atoms with Crippen LogP contribution in [0.4, 0.5) is 0 Å². The molecule has 0 fully saturated rings. The Hall–Kier alpha value is -0.630. The Morgan fingerprint density at radius 2 is 1.71 bits per heavy atom. The predicted molar refractivity (Wildman–Crippen MR) is 52.6 cm³/mol. The molecule has 0 saturated carbocycles. The average Bonchev–Trinajstić information content (AvgIpc) is 2.29. The first kappa shape index (κ1) is 18.7. The zero-order chi connectivity index (χ0) is 12.6. The summed E-state index contributed by atoms with van der Waals surface area (Å²) in [5.74, 6) is -1.62. The minimum atomic E-state index is -1.36. The molecule has 4 N–H and O–H groups in total. The normalized spacial score (nSPS) is 8.94. The molecule has 0 unspecified atom stereocenters. The maximum atomic E-state index is 10.2. The zero-order valence-electron chi connectivity index (χ0n) is 9.41. The second kappa shape index (κ2) is 10.5. The summed E-state index contributed by atoms with van der Waals surface area (Å²) in [6, 6.07) is 5.64. The number of rotatable bonds is 3. The fourth-order valence-electron chi connectivity index (χ4n) is 0.704. The molecule has 7 heteroatoms. The Balaban J connectivity index is 0. The fraction of sp³-hybridized carbons (Fsp3) is 0.300. The Morgan fingerprint density at radius 1 is 1.24 bits per heavy atom. The molecule has 0 radical (unpaired) electrons. The van der Waals surface area contributed by atoms with Crippen molar-refractivity contribution < 1.29 is 59.9 Å². The van der Waals surface area contributed by atoms with E-state index in [0.29, 0.717) is 0 Å². The average molecular weight is 252 g/mol. The number of aliphatic hydroxyl groups excluding tert-OH is 3. The van der Waals surface area contributed by atoms with Crippen LogP contribution >= 0.6 is 0 Å². The van der Waals surface area contributed by atoms with Crippen molar-refractivity contribution in [2.75, 3.05) is 13.2 Å². The number of carboxylic acids is 1. The molecule has 0 heterocycles. The van der Waals surface area contributed by atoms with E-state index in [-0.39, 0.29) is 54.1 Å². The van der Waals surface area contributed by atoms with Crippen LogP contribution in [-0.4, -0.2) is 45.7 Å². The SMILES string of the molecule is O=C([O-])c1ccccc1O.OCC(O)CO.[Na+]. The molecular formula is C10H13NaO6. The number of phenols is 1. The Kier molecular flexibility index (Phi) is 11.6. The summed E-state index contributed by atoms with van der Waals surface area (Å²) >= 11 is 0. The van der Waals surface area contributed by atoms with Crippen LogP contribution < -0.4 is 34.7 Å². The zero-order valence-corrected chi connectivity index (χ0v) is 11.4. The summed E-state index contributed by atoms with van der Waals surface area (Å²) in [6.45, 7) is -0.729. The summed E-state index contributed by atoms with van der Waals surface area (Å²) in [5, 5.41) is 43.0. The molecule has 0 atom stereocenters. The van der Waals surface area contributed by atoms with E-state index in [4.69, 9.17) is 20.4 Å². The predicted octanol–water partition coefficient (Wildman–Crippen LogP) is -4.91. The van der Waals surface area contributed by atoms with Gasteiger partial charge in [-0.15, -0.1) is 0 Å². The number of aromatic hydroxyl groups is 1. The maximum absolute atomic E-state index is 10.2. The summed E-state index contributed by atoms with van der Waals surface area (Å²) in [5.41, 5.74) is -0.178. The van der Waals surface area contributed by atoms with Gasteiger partial charge < -0.3 is 30.3 Å². The van der Waals surface area contributed by atoms with Gasteiger partial charge in [0.25, 0.3) is 0 Å². The molecule has 0 aromatic heterocycles. The van der Waals surface area contributed by atoms with E-state index in [2.05, 4.69) is 0 Å². The summed E-state index contributed by atoms with van der Waals surface area (Å²) < 4.78 is 0.